The Hall–Kier alpha value is -4.53. The number of hydrogen-bond donors (Lipinski definition) is 3. The molecule has 0 unspecified atom stereocenters. The van der Waals surface area contributed by atoms with Gasteiger partial charge in [0, 0.05) is 5.69 Å². The molecular formula is C26H23FN4O4. The van der Waals surface area contributed by atoms with E-state index in [1.807, 2.05) is 25.1 Å². The van der Waals surface area contributed by atoms with Crippen molar-refractivity contribution in [3.05, 3.63) is 95.3 Å². The normalized spacial score (nSPS) is 17.2. The second kappa shape index (κ2) is 9.38. The molecule has 1 fully saturated rings. The first-order valence-electron chi connectivity index (χ1n) is 10.8. The third-order valence-corrected chi connectivity index (χ3v) is 5.72. The summed E-state index contributed by atoms with van der Waals surface area (Å²) in [5.74, 6) is -2.21. The van der Waals surface area contributed by atoms with Crippen LogP contribution < -0.4 is 16.0 Å². The smallest absolute Gasteiger partial charge is 0.324 e. The zero-order valence-electron chi connectivity index (χ0n) is 19.1. The Morgan fingerprint density at radius 3 is 2.40 bits per heavy atom. The summed E-state index contributed by atoms with van der Waals surface area (Å²) in [6.07, 6.45) is 0. The first kappa shape index (κ1) is 23.6. The summed E-state index contributed by atoms with van der Waals surface area (Å²) in [4.78, 5) is 51.9. The van der Waals surface area contributed by atoms with E-state index in [9.17, 15) is 23.6 Å². The quantitative estimate of drug-likeness (QED) is 0.473. The molecule has 1 saturated heterocycles. The molecule has 8 nitrogen and oxygen atoms in total. The monoisotopic (exact) mass is 474 g/mol. The molecule has 0 aromatic heterocycles. The van der Waals surface area contributed by atoms with E-state index in [-0.39, 0.29) is 11.3 Å². The molecule has 178 valence electrons. The zero-order chi connectivity index (χ0) is 25.2. The van der Waals surface area contributed by atoms with Gasteiger partial charge in [-0.05, 0) is 61.4 Å². The van der Waals surface area contributed by atoms with Gasteiger partial charge in [0.1, 0.15) is 17.9 Å². The lowest BCUT2D eigenvalue weighted by Gasteiger charge is -2.22. The van der Waals surface area contributed by atoms with Gasteiger partial charge in [-0.2, -0.15) is 0 Å². The van der Waals surface area contributed by atoms with Crippen LogP contribution in [0.4, 0.5) is 20.6 Å². The minimum Gasteiger partial charge on any atom is -0.324 e. The molecule has 1 aliphatic heterocycles. The number of para-hydroxylation sites is 1. The van der Waals surface area contributed by atoms with E-state index in [2.05, 4.69) is 16.0 Å². The molecule has 3 aromatic rings. The summed E-state index contributed by atoms with van der Waals surface area (Å²) in [7, 11) is 0. The number of anilines is 2. The molecule has 0 radical (unpaired) electrons. The van der Waals surface area contributed by atoms with Crippen molar-refractivity contribution in [3.63, 3.8) is 0 Å². The van der Waals surface area contributed by atoms with E-state index in [1.165, 1.54) is 31.2 Å². The van der Waals surface area contributed by atoms with Crippen molar-refractivity contribution in [2.24, 2.45) is 0 Å². The first-order valence-corrected chi connectivity index (χ1v) is 10.8. The molecule has 35 heavy (non-hydrogen) atoms. The van der Waals surface area contributed by atoms with Crippen LogP contribution in [-0.2, 0) is 15.1 Å². The highest BCUT2D eigenvalue weighted by molar-refractivity contribution is 6.12. The number of imide groups is 1. The van der Waals surface area contributed by atoms with Crippen LogP contribution in [-0.4, -0.2) is 35.2 Å². The molecule has 3 aromatic carbocycles. The number of nitrogens with one attached hydrogen (secondary N) is 3. The lowest BCUT2D eigenvalue weighted by Crippen LogP contribution is -2.42. The summed E-state index contributed by atoms with van der Waals surface area (Å²) in [6, 6.07) is 18.1. The number of halogens is 1. The molecular weight excluding hydrogens is 451 g/mol. The maximum atomic E-state index is 13.3. The summed E-state index contributed by atoms with van der Waals surface area (Å²) in [6.45, 7) is 2.83. The lowest BCUT2D eigenvalue weighted by molar-refractivity contribution is -0.133. The topological polar surface area (TPSA) is 108 Å². The fourth-order valence-electron chi connectivity index (χ4n) is 3.86. The van der Waals surface area contributed by atoms with Crippen LogP contribution in [0.15, 0.2) is 72.8 Å². The number of nitrogens with zero attached hydrogens (tertiary/aromatic N) is 1. The van der Waals surface area contributed by atoms with Crippen molar-refractivity contribution in [2.75, 3.05) is 17.2 Å². The van der Waals surface area contributed by atoms with Crippen molar-refractivity contribution < 1.29 is 23.6 Å². The molecule has 5 amide bonds. The van der Waals surface area contributed by atoms with Crippen molar-refractivity contribution in [3.8, 4) is 0 Å². The fourth-order valence-corrected chi connectivity index (χ4v) is 3.86. The second-order valence-corrected chi connectivity index (χ2v) is 8.37. The van der Waals surface area contributed by atoms with Gasteiger partial charge in [0.2, 0.25) is 5.91 Å². The van der Waals surface area contributed by atoms with Gasteiger partial charge in [-0.25, -0.2) is 9.18 Å². The standard InChI is InChI=1S/C26H23FN4O4/c1-16-6-5-7-19(14-16)28-23(33)20-8-3-4-9-21(20)29-22(32)15-31-24(34)26(2,30-25(31)35)17-10-12-18(27)13-11-17/h3-14H,15H2,1-2H3,(H,28,33)(H,29,32)(H,30,35)/t26-/m0/s1. The maximum absolute atomic E-state index is 13.3. The molecule has 0 aliphatic carbocycles. The third kappa shape index (κ3) is 4.89. The van der Waals surface area contributed by atoms with Gasteiger partial charge in [-0.1, -0.05) is 36.4 Å². The van der Waals surface area contributed by atoms with E-state index >= 15 is 0 Å². The summed E-state index contributed by atoms with van der Waals surface area (Å²) >= 11 is 0. The Morgan fingerprint density at radius 2 is 1.69 bits per heavy atom. The Kier molecular flexibility index (Phi) is 6.33. The van der Waals surface area contributed by atoms with Gasteiger partial charge in [-0.3, -0.25) is 19.3 Å². The molecule has 0 saturated carbocycles. The van der Waals surface area contributed by atoms with Crippen molar-refractivity contribution in [1.29, 1.82) is 0 Å². The Labute approximate surface area is 201 Å². The van der Waals surface area contributed by atoms with Crippen molar-refractivity contribution in [1.82, 2.24) is 10.2 Å². The molecule has 1 heterocycles. The predicted molar refractivity (Wildman–Crippen MR) is 128 cm³/mol. The van der Waals surface area contributed by atoms with Gasteiger partial charge in [0.25, 0.3) is 11.8 Å². The first-order chi connectivity index (χ1) is 16.7. The molecule has 1 aliphatic rings. The summed E-state index contributed by atoms with van der Waals surface area (Å²) < 4.78 is 13.3. The van der Waals surface area contributed by atoms with E-state index in [4.69, 9.17) is 0 Å². The van der Waals surface area contributed by atoms with Crippen LogP contribution in [0.5, 0.6) is 0 Å². The molecule has 9 heteroatoms. The van der Waals surface area contributed by atoms with Crippen LogP contribution in [0.3, 0.4) is 0 Å². The van der Waals surface area contributed by atoms with Gasteiger partial charge in [0.05, 0.1) is 11.3 Å². The summed E-state index contributed by atoms with van der Waals surface area (Å²) in [5, 5.41) is 7.96. The number of urea groups is 1. The Morgan fingerprint density at radius 1 is 0.971 bits per heavy atom. The molecule has 0 spiro atoms. The number of aryl methyl sites for hydroxylation is 1. The minimum atomic E-state index is -1.43. The van der Waals surface area contributed by atoms with Crippen LogP contribution in [0.2, 0.25) is 0 Å². The Balaban J connectivity index is 1.47. The molecule has 4 rings (SSSR count). The van der Waals surface area contributed by atoms with Crippen molar-refractivity contribution in [2.45, 2.75) is 19.4 Å². The number of amides is 5. The van der Waals surface area contributed by atoms with E-state index in [0.29, 0.717) is 11.3 Å². The number of rotatable bonds is 6. The second-order valence-electron chi connectivity index (χ2n) is 8.37. The van der Waals surface area contributed by atoms with E-state index < -0.39 is 41.7 Å². The van der Waals surface area contributed by atoms with E-state index in [0.717, 1.165) is 10.5 Å². The van der Waals surface area contributed by atoms with Crippen LogP contribution in [0, 0.1) is 12.7 Å². The van der Waals surface area contributed by atoms with Gasteiger partial charge < -0.3 is 16.0 Å². The largest absolute Gasteiger partial charge is 0.325 e. The molecule has 0 bridgehead atoms. The van der Waals surface area contributed by atoms with E-state index in [1.54, 1.807) is 30.3 Å². The van der Waals surface area contributed by atoms with Gasteiger partial charge in [0.15, 0.2) is 0 Å². The lowest BCUT2D eigenvalue weighted by atomic mass is 9.92. The molecule has 1 atom stereocenters. The van der Waals surface area contributed by atoms with Crippen LogP contribution in [0.1, 0.15) is 28.4 Å². The maximum Gasteiger partial charge on any atom is 0.325 e. The number of carbonyl (C=O) groups excluding carboxylic acids is 4. The Bertz CT molecular complexity index is 1320. The molecule has 3 N–H and O–H groups in total. The third-order valence-electron chi connectivity index (χ3n) is 5.72. The average molecular weight is 474 g/mol. The number of hydrogen-bond acceptors (Lipinski definition) is 4. The zero-order valence-corrected chi connectivity index (χ0v) is 19.1. The summed E-state index contributed by atoms with van der Waals surface area (Å²) in [5.41, 5.74) is 0.989. The highest BCUT2D eigenvalue weighted by Crippen LogP contribution is 2.29. The van der Waals surface area contributed by atoms with Crippen LogP contribution in [0.25, 0.3) is 0 Å². The van der Waals surface area contributed by atoms with Crippen molar-refractivity contribution >= 4 is 35.1 Å². The predicted octanol–water partition coefficient (Wildman–Crippen LogP) is 3.79. The fraction of sp³-hybridized carbons (Fsp3) is 0.154. The number of carbonyl (C=O) groups is 4. The van der Waals surface area contributed by atoms with Crippen LogP contribution >= 0.6 is 0 Å². The number of benzene rings is 3. The highest BCUT2D eigenvalue weighted by Gasteiger charge is 2.49. The minimum absolute atomic E-state index is 0.218. The SMILES string of the molecule is Cc1cccc(NC(=O)c2ccccc2NC(=O)CN2C(=O)N[C@@](C)(c3ccc(F)cc3)C2=O)c1. The average Bonchev–Trinajstić information content (AvgIpc) is 3.03. The van der Waals surface area contributed by atoms with Gasteiger partial charge >= 0.3 is 6.03 Å². The van der Waals surface area contributed by atoms with Gasteiger partial charge in [-0.15, -0.1) is 0 Å². The highest BCUT2D eigenvalue weighted by atomic mass is 19.1.